The normalized spacial score (nSPS) is 22.9. The lowest BCUT2D eigenvalue weighted by Gasteiger charge is -2.32. The highest BCUT2D eigenvalue weighted by Gasteiger charge is 2.30. The molecule has 1 aromatic rings. The highest BCUT2D eigenvalue weighted by molar-refractivity contribution is 7.88. The fraction of sp³-hybridized carbons (Fsp3) is 0.562. The summed E-state index contributed by atoms with van der Waals surface area (Å²) in [6.07, 6.45) is 3.22. The fourth-order valence-corrected chi connectivity index (χ4v) is 4.02. The number of piperidine rings is 1. The molecular weight excluding hydrogens is 316 g/mol. The standard InChI is InChI=1S/C16H22N2O4S/c1-23(20,21)18-8-6-14(7-9-18)17-16(19)13-10-12-4-2-3-5-15(12)22-11-13/h2-5,13-14H,6-11H2,1H3,(H,17,19)/t13-/m1/s1. The van der Waals surface area contributed by atoms with Crippen molar-refractivity contribution in [3.8, 4) is 5.75 Å². The quantitative estimate of drug-likeness (QED) is 0.884. The smallest absolute Gasteiger partial charge is 0.227 e. The SMILES string of the molecule is CS(=O)(=O)N1CCC(NC(=O)[C@H]2COc3ccccc3C2)CC1. The van der Waals surface area contributed by atoms with Gasteiger partial charge in [-0.15, -0.1) is 0 Å². The predicted octanol–water partition coefficient (Wildman–Crippen LogP) is 0.778. The number of amides is 1. The van der Waals surface area contributed by atoms with Gasteiger partial charge in [-0.3, -0.25) is 4.79 Å². The summed E-state index contributed by atoms with van der Waals surface area (Å²) in [5.74, 6) is 0.674. The molecule has 0 aliphatic carbocycles. The molecule has 0 spiro atoms. The maximum Gasteiger partial charge on any atom is 0.227 e. The lowest BCUT2D eigenvalue weighted by atomic mass is 9.95. The van der Waals surface area contributed by atoms with E-state index >= 15 is 0 Å². The van der Waals surface area contributed by atoms with Crippen LogP contribution in [0.5, 0.6) is 5.75 Å². The van der Waals surface area contributed by atoms with Crippen molar-refractivity contribution < 1.29 is 17.9 Å². The first-order valence-corrected chi connectivity index (χ1v) is 9.74. The Morgan fingerprint density at radius 1 is 1.26 bits per heavy atom. The molecule has 1 aromatic carbocycles. The minimum atomic E-state index is -3.13. The van der Waals surface area contributed by atoms with Gasteiger partial charge >= 0.3 is 0 Å². The van der Waals surface area contributed by atoms with Crippen LogP contribution in [0.3, 0.4) is 0 Å². The number of para-hydroxylation sites is 1. The summed E-state index contributed by atoms with van der Waals surface area (Å²) < 4.78 is 30.1. The molecule has 1 N–H and O–H groups in total. The monoisotopic (exact) mass is 338 g/mol. The van der Waals surface area contributed by atoms with Crippen LogP contribution in [0.2, 0.25) is 0 Å². The second-order valence-electron chi connectivity index (χ2n) is 6.26. The van der Waals surface area contributed by atoms with E-state index < -0.39 is 10.0 Å². The van der Waals surface area contributed by atoms with Gasteiger partial charge in [0.2, 0.25) is 15.9 Å². The van der Waals surface area contributed by atoms with E-state index in [0.717, 1.165) is 11.3 Å². The van der Waals surface area contributed by atoms with E-state index in [1.54, 1.807) is 0 Å². The fourth-order valence-electron chi connectivity index (χ4n) is 3.15. The number of carbonyl (C=O) groups is 1. The van der Waals surface area contributed by atoms with Gasteiger partial charge in [0.15, 0.2) is 0 Å². The molecule has 0 bridgehead atoms. The van der Waals surface area contributed by atoms with Crippen molar-refractivity contribution >= 4 is 15.9 Å². The van der Waals surface area contributed by atoms with Gasteiger partial charge < -0.3 is 10.1 Å². The molecule has 0 aromatic heterocycles. The first-order valence-electron chi connectivity index (χ1n) is 7.89. The average molecular weight is 338 g/mol. The molecule has 23 heavy (non-hydrogen) atoms. The van der Waals surface area contributed by atoms with Crippen LogP contribution in [0.25, 0.3) is 0 Å². The number of hydrogen-bond donors (Lipinski definition) is 1. The largest absolute Gasteiger partial charge is 0.492 e. The van der Waals surface area contributed by atoms with E-state index in [2.05, 4.69) is 5.32 Å². The summed E-state index contributed by atoms with van der Waals surface area (Å²) in [5.41, 5.74) is 1.06. The van der Waals surface area contributed by atoms with Crippen molar-refractivity contribution in [3.63, 3.8) is 0 Å². The van der Waals surface area contributed by atoms with Gasteiger partial charge in [-0.05, 0) is 30.9 Å². The molecule has 7 heteroatoms. The van der Waals surface area contributed by atoms with E-state index in [1.165, 1.54) is 10.6 Å². The first-order chi connectivity index (χ1) is 10.9. The second-order valence-corrected chi connectivity index (χ2v) is 8.25. The van der Waals surface area contributed by atoms with Gasteiger partial charge in [-0.25, -0.2) is 12.7 Å². The van der Waals surface area contributed by atoms with Crippen LogP contribution in [-0.2, 0) is 21.2 Å². The minimum absolute atomic E-state index is 0.00249. The number of ether oxygens (including phenoxy) is 1. The third kappa shape index (κ3) is 3.84. The molecule has 2 heterocycles. The second kappa shape index (κ2) is 6.49. The number of hydrogen-bond acceptors (Lipinski definition) is 4. The summed E-state index contributed by atoms with van der Waals surface area (Å²) >= 11 is 0. The third-order valence-electron chi connectivity index (χ3n) is 4.52. The van der Waals surface area contributed by atoms with Crippen molar-refractivity contribution in [1.82, 2.24) is 9.62 Å². The van der Waals surface area contributed by atoms with Gasteiger partial charge in [0, 0.05) is 19.1 Å². The summed E-state index contributed by atoms with van der Waals surface area (Å²) in [6, 6.07) is 7.82. The van der Waals surface area contributed by atoms with Crippen LogP contribution in [0.15, 0.2) is 24.3 Å². The lowest BCUT2D eigenvalue weighted by Crippen LogP contribution is -2.48. The van der Waals surface area contributed by atoms with Gasteiger partial charge in [0.25, 0.3) is 0 Å². The number of nitrogens with zero attached hydrogens (tertiary/aromatic N) is 1. The van der Waals surface area contributed by atoms with Crippen LogP contribution < -0.4 is 10.1 Å². The maximum absolute atomic E-state index is 12.4. The number of fused-ring (bicyclic) bond motifs is 1. The Balaban J connectivity index is 1.53. The van der Waals surface area contributed by atoms with Crippen LogP contribution in [0, 0.1) is 5.92 Å². The number of nitrogens with one attached hydrogen (secondary N) is 1. The molecule has 2 aliphatic heterocycles. The van der Waals surface area contributed by atoms with Gasteiger partial charge in [-0.2, -0.15) is 0 Å². The zero-order valence-corrected chi connectivity index (χ0v) is 14.0. The van der Waals surface area contributed by atoms with Crippen molar-refractivity contribution in [3.05, 3.63) is 29.8 Å². The zero-order valence-electron chi connectivity index (χ0n) is 13.2. The van der Waals surface area contributed by atoms with Crippen LogP contribution in [0.1, 0.15) is 18.4 Å². The van der Waals surface area contributed by atoms with E-state index in [1.807, 2.05) is 24.3 Å². The van der Waals surface area contributed by atoms with E-state index in [-0.39, 0.29) is 17.9 Å². The maximum atomic E-state index is 12.4. The van der Waals surface area contributed by atoms with E-state index in [9.17, 15) is 13.2 Å². The lowest BCUT2D eigenvalue weighted by molar-refractivity contribution is -0.127. The highest BCUT2D eigenvalue weighted by atomic mass is 32.2. The molecule has 1 saturated heterocycles. The van der Waals surface area contributed by atoms with Gasteiger partial charge in [0.05, 0.1) is 12.2 Å². The van der Waals surface area contributed by atoms with Crippen molar-refractivity contribution in [2.45, 2.75) is 25.3 Å². The van der Waals surface area contributed by atoms with Crippen LogP contribution >= 0.6 is 0 Å². The molecule has 2 aliphatic rings. The third-order valence-corrected chi connectivity index (χ3v) is 5.82. The molecule has 126 valence electrons. The molecule has 0 unspecified atom stereocenters. The number of sulfonamides is 1. The Kier molecular flexibility index (Phi) is 4.59. The summed E-state index contributed by atoms with van der Waals surface area (Å²) in [7, 11) is -3.13. The summed E-state index contributed by atoms with van der Waals surface area (Å²) in [6.45, 7) is 1.33. The summed E-state index contributed by atoms with van der Waals surface area (Å²) in [5, 5.41) is 3.05. The Bertz CT molecular complexity index is 681. The first kappa shape index (κ1) is 16.3. The molecule has 3 rings (SSSR count). The predicted molar refractivity (Wildman–Crippen MR) is 86.7 cm³/mol. The van der Waals surface area contributed by atoms with Crippen molar-refractivity contribution in [2.24, 2.45) is 5.92 Å². The van der Waals surface area contributed by atoms with Gasteiger partial charge in [-0.1, -0.05) is 18.2 Å². The Hall–Kier alpha value is -1.60. The van der Waals surface area contributed by atoms with Crippen molar-refractivity contribution in [2.75, 3.05) is 26.0 Å². The average Bonchev–Trinajstić information content (AvgIpc) is 2.54. The number of benzene rings is 1. The molecule has 0 radical (unpaired) electrons. The summed E-state index contributed by atoms with van der Waals surface area (Å²) in [4.78, 5) is 12.4. The van der Waals surface area contributed by atoms with Crippen molar-refractivity contribution in [1.29, 1.82) is 0 Å². The molecular formula is C16H22N2O4S. The zero-order chi connectivity index (χ0) is 16.4. The topological polar surface area (TPSA) is 75.7 Å². The van der Waals surface area contributed by atoms with E-state index in [4.69, 9.17) is 4.74 Å². The number of carbonyl (C=O) groups excluding carboxylic acids is 1. The Morgan fingerprint density at radius 2 is 1.96 bits per heavy atom. The molecule has 1 amide bonds. The molecule has 1 atom stereocenters. The minimum Gasteiger partial charge on any atom is -0.492 e. The Morgan fingerprint density at radius 3 is 2.65 bits per heavy atom. The van der Waals surface area contributed by atoms with E-state index in [0.29, 0.717) is 39.0 Å². The highest BCUT2D eigenvalue weighted by Crippen LogP contribution is 2.27. The molecule has 1 fully saturated rings. The molecule has 0 saturated carbocycles. The van der Waals surface area contributed by atoms with Gasteiger partial charge in [0.1, 0.15) is 12.4 Å². The molecule has 6 nitrogen and oxygen atoms in total. The Labute approximate surface area is 136 Å². The van der Waals surface area contributed by atoms with Crippen LogP contribution in [0.4, 0.5) is 0 Å². The number of rotatable bonds is 3. The van der Waals surface area contributed by atoms with Crippen LogP contribution in [-0.4, -0.2) is 50.6 Å².